The van der Waals surface area contributed by atoms with E-state index >= 15 is 0 Å². The molecular formula is C34H29N3O4S. The Morgan fingerprint density at radius 2 is 1.83 bits per heavy atom. The Kier molecular flexibility index (Phi) is 7.29. The molecule has 0 aliphatic carbocycles. The topological polar surface area (TPSA) is 102 Å². The SMILES string of the molecule is CS(=O)(=O)Nc1cccc(CN2CCc3ccc(C#Cc4cccc(C(=O)O)c4-c4ccc5cc[nH]c5c4)cc3C2)c1. The zero-order chi connectivity index (χ0) is 29.3. The van der Waals surface area contributed by atoms with Crippen molar-refractivity contribution >= 4 is 32.6 Å². The van der Waals surface area contributed by atoms with Crippen molar-refractivity contribution in [1.29, 1.82) is 0 Å². The Hall–Kier alpha value is -4.84. The predicted octanol–water partition coefficient (Wildman–Crippen LogP) is 5.86. The van der Waals surface area contributed by atoms with E-state index in [4.69, 9.17) is 0 Å². The van der Waals surface area contributed by atoms with Crippen LogP contribution >= 0.6 is 0 Å². The quantitative estimate of drug-likeness (QED) is 0.220. The summed E-state index contributed by atoms with van der Waals surface area (Å²) in [5, 5.41) is 11.0. The second-order valence-corrected chi connectivity index (χ2v) is 12.3. The van der Waals surface area contributed by atoms with E-state index < -0.39 is 16.0 Å². The second kappa shape index (κ2) is 11.2. The molecule has 1 aliphatic heterocycles. The highest BCUT2D eigenvalue weighted by molar-refractivity contribution is 7.92. The number of carbonyl (C=O) groups is 1. The van der Waals surface area contributed by atoms with Gasteiger partial charge in [-0.2, -0.15) is 0 Å². The number of carboxylic acids is 1. The molecule has 0 bridgehead atoms. The standard InChI is InChI=1S/C34H29N3O4S/c1-42(40,41)36-30-6-2-4-24(19-30)21-37-17-15-25-10-8-23(18-29(25)22-37)9-11-27-5-3-7-31(34(38)39)33(27)28-13-12-26-14-16-35-32(26)20-28/h2-8,10,12-14,16,18-20,35-36H,15,17,21-22H2,1H3,(H,38,39). The molecule has 1 aliphatic rings. The molecule has 42 heavy (non-hydrogen) atoms. The lowest BCUT2D eigenvalue weighted by Crippen LogP contribution is -2.30. The largest absolute Gasteiger partial charge is 0.478 e. The lowest BCUT2D eigenvalue weighted by atomic mass is 9.93. The van der Waals surface area contributed by atoms with Crippen molar-refractivity contribution in [1.82, 2.24) is 9.88 Å². The Balaban J connectivity index is 1.26. The van der Waals surface area contributed by atoms with Crippen molar-refractivity contribution in [3.63, 3.8) is 0 Å². The van der Waals surface area contributed by atoms with Gasteiger partial charge in [0.1, 0.15) is 0 Å². The van der Waals surface area contributed by atoms with Crippen LogP contribution in [0.25, 0.3) is 22.0 Å². The summed E-state index contributed by atoms with van der Waals surface area (Å²) in [5.74, 6) is 5.54. The fraction of sp³-hybridized carbons (Fsp3) is 0.147. The highest BCUT2D eigenvalue weighted by Crippen LogP contribution is 2.30. The van der Waals surface area contributed by atoms with Crippen molar-refractivity contribution in [3.05, 3.63) is 125 Å². The number of nitrogens with zero attached hydrogens (tertiary/aromatic N) is 1. The molecule has 0 saturated carbocycles. The lowest BCUT2D eigenvalue weighted by molar-refractivity contribution is 0.0697. The summed E-state index contributed by atoms with van der Waals surface area (Å²) in [6.45, 7) is 2.36. The van der Waals surface area contributed by atoms with E-state index in [-0.39, 0.29) is 5.56 Å². The Bertz CT molecular complexity index is 2000. The molecule has 4 aromatic carbocycles. The zero-order valence-electron chi connectivity index (χ0n) is 23.0. The molecule has 0 spiro atoms. The number of sulfonamides is 1. The van der Waals surface area contributed by atoms with Crippen LogP contribution in [0.15, 0.2) is 91.1 Å². The molecule has 1 aromatic heterocycles. The molecule has 0 saturated heterocycles. The van der Waals surface area contributed by atoms with Crippen molar-refractivity contribution < 1.29 is 18.3 Å². The third kappa shape index (κ3) is 6.08. The minimum Gasteiger partial charge on any atom is -0.478 e. The van der Waals surface area contributed by atoms with Gasteiger partial charge in [-0.15, -0.1) is 0 Å². The molecule has 5 aromatic rings. The average molecular weight is 576 g/mol. The molecule has 8 heteroatoms. The summed E-state index contributed by atoms with van der Waals surface area (Å²) >= 11 is 0. The maximum atomic E-state index is 12.1. The molecular weight excluding hydrogens is 546 g/mol. The number of carboxylic acid groups (broad SMARTS) is 1. The number of aromatic amines is 1. The number of H-pyrrole nitrogens is 1. The third-order valence-electron chi connectivity index (χ3n) is 7.41. The van der Waals surface area contributed by atoms with Crippen LogP contribution in [0.2, 0.25) is 0 Å². The number of aromatic nitrogens is 1. The maximum absolute atomic E-state index is 12.1. The first-order valence-electron chi connectivity index (χ1n) is 13.6. The van der Waals surface area contributed by atoms with E-state index in [1.54, 1.807) is 18.2 Å². The van der Waals surface area contributed by atoms with Crippen LogP contribution in [0.1, 0.15) is 38.2 Å². The minimum absolute atomic E-state index is 0.213. The Morgan fingerprint density at radius 1 is 0.976 bits per heavy atom. The van der Waals surface area contributed by atoms with E-state index in [0.717, 1.165) is 53.4 Å². The van der Waals surface area contributed by atoms with Crippen LogP contribution in [-0.4, -0.2) is 42.2 Å². The summed E-state index contributed by atoms with van der Waals surface area (Å²) in [6.07, 6.45) is 3.92. The Labute approximate surface area is 244 Å². The van der Waals surface area contributed by atoms with Gasteiger partial charge in [-0.05, 0) is 82.6 Å². The van der Waals surface area contributed by atoms with Crippen molar-refractivity contribution in [2.75, 3.05) is 17.5 Å². The van der Waals surface area contributed by atoms with E-state index in [1.165, 1.54) is 11.1 Å². The average Bonchev–Trinajstić information content (AvgIpc) is 3.43. The molecule has 0 atom stereocenters. The molecule has 0 fully saturated rings. The van der Waals surface area contributed by atoms with Crippen molar-refractivity contribution in [2.45, 2.75) is 19.5 Å². The molecule has 0 amide bonds. The highest BCUT2D eigenvalue weighted by atomic mass is 32.2. The third-order valence-corrected chi connectivity index (χ3v) is 8.02. The monoisotopic (exact) mass is 575 g/mol. The van der Waals surface area contributed by atoms with Gasteiger partial charge < -0.3 is 10.1 Å². The van der Waals surface area contributed by atoms with Crippen LogP contribution in [-0.2, 0) is 29.5 Å². The van der Waals surface area contributed by atoms with Crippen LogP contribution in [0.4, 0.5) is 5.69 Å². The number of rotatable bonds is 6. The fourth-order valence-corrected chi connectivity index (χ4v) is 6.08. The normalized spacial score (nSPS) is 13.3. The summed E-state index contributed by atoms with van der Waals surface area (Å²) < 4.78 is 25.8. The van der Waals surface area contributed by atoms with Gasteiger partial charge in [0.05, 0.1) is 11.8 Å². The van der Waals surface area contributed by atoms with Gasteiger partial charge in [0.2, 0.25) is 10.0 Å². The number of nitrogens with one attached hydrogen (secondary N) is 2. The first-order chi connectivity index (χ1) is 20.2. The molecule has 210 valence electrons. The fourth-order valence-electron chi connectivity index (χ4n) is 5.52. The van der Waals surface area contributed by atoms with E-state index in [0.29, 0.717) is 23.4 Å². The number of aromatic carboxylic acids is 1. The van der Waals surface area contributed by atoms with E-state index in [2.05, 4.69) is 38.6 Å². The smallest absolute Gasteiger partial charge is 0.336 e. The molecule has 3 N–H and O–H groups in total. The first-order valence-corrected chi connectivity index (χ1v) is 15.5. The van der Waals surface area contributed by atoms with E-state index in [9.17, 15) is 18.3 Å². The van der Waals surface area contributed by atoms with Crippen LogP contribution in [0, 0.1) is 11.8 Å². The lowest BCUT2D eigenvalue weighted by Gasteiger charge is -2.29. The predicted molar refractivity (Wildman–Crippen MR) is 166 cm³/mol. The number of anilines is 1. The summed E-state index contributed by atoms with van der Waals surface area (Å²) in [7, 11) is -3.34. The van der Waals surface area contributed by atoms with Crippen LogP contribution < -0.4 is 4.72 Å². The second-order valence-electron chi connectivity index (χ2n) is 10.6. The summed E-state index contributed by atoms with van der Waals surface area (Å²) in [4.78, 5) is 17.7. The van der Waals surface area contributed by atoms with Gasteiger partial charge in [0, 0.05) is 53.7 Å². The molecule has 2 heterocycles. The first kappa shape index (κ1) is 27.3. The van der Waals surface area contributed by atoms with Gasteiger partial charge in [-0.25, -0.2) is 13.2 Å². The number of hydrogen-bond donors (Lipinski definition) is 3. The Morgan fingerprint density at radius 3 is 2.67 bits per heavy atom. The molecule has 0 radical (unpaired) electrons. The van der Waals surface area contributed by atoms with Gasteiger partial charge >= 0.3 is 5.97 Å². The molecule has 7 nitrogen and oxygen atoms in total. The van der Waals surface area contributed by atoms with Crippen molar-refractivity contribution in [2.24, 2.45) is 0 Å². The van der Waals surface area contributed by atoms with Gasteiger partial charge in [-0.1, -0.05) is 48.2 Å². The van der Waals surface area contributed by atoms with Gasteiger partial charge in [0.15, 0.2) is 0 Å². The zero-order valence-corrected chi connectivity index (χ0v) is 23.8. The minimum atomic E-state index is -3.34. The molecule has 6 rings (SSSR count). The van der Waals surface area contributed by atoms with Crippen molar-refractivity contribution in [3.8, 4) is 23.0 Å². The number of benzene rings is 4. The summed E-state index contributed by atoms with van der Waals surface area (Å²) in [6, 6.07) is 26.8. The van der Waals surface area contributed by atoms with E-state index in [1.807, 2.05) is 60.8 Å². The van der Waals surface area contributed by atoms with Crippen LogP contribution in [0.3, 0.4) is 0 Å². The number of hydrogen-bond acceptors (Lipinski definition) is 4. The number of fused-ring (bicyclic) bond motifs is 2. The molecule has 0 unspecified atom stereocenters. The highest BCUT2D eigenvalue weighted by Gasteiger charge is 2.18. The summed E-state index contributed by atoms with van der Waals surface area (Å²) in [5.41, 5.74) is 8.15. The van der Waals surface area contributed by atoms with Gasteiger partial charge in [0.25, 0.3) is 0 Å². The maximum Gasteiger partial charge on any atom is 0.336 e. The van der Waals surface area contributed by atoms with Gasteiger partial charge in [-0.3, -0.25) is 9.62 Å². The van der Waals surface area contributed by atoms with Crippen LogP contribution in [0.5, 0.6) is 0 Å².